The van der Waals surface area contributed by atoms with Gasteiger partial charge in [-0.1, -0.05) is 12.8 Å². The molecule has 6 nitrogen and oxygen atoms in total. The van der Waals surface area contributed by atoms with Crippen LogP contribution in [0.1, 0.15) is 58.3 Å². The van der Waals surface area contributed by atoms with Crippen LogP contribution in [0.3, 0.4) is 0 Å². The quantitative estimate of drug-likeness (QED) is 0.337. The lowest BCUT2D eigenvalue weighted by Gasteiger charge is -2.22. The van der Waals surface area contributed by atoms with Gasteiger partial charge >= 0.3 is 0 Å². The van der Waals surface area contributed by atoms with Gasteiger partial charge in [-0.05, 0) is 51.4 Å². The predicted molar refractivity (Wildman–Crippen MR) is 121 cm³/mol. The lowest BCUT2D eigenvalue weighted by molar-refractivity contribution is 0.256. The average molecular weight is 510 g/mol. The third-order valence-corrected chi connectivity index (χ3v) is 8.35. The van der Waals surface area contributed by atoms with E-state index in [-0.39, 0.29) is 29.9 Å². The molecule has 4 aliphatic rings. The third-order valence-electron chi connectivity index (χ3n) is 6.51. The Labute approximate surface area is 181 Å². The van der Waals surface area contributed by atoms with Crippen molar-refractivity contribution in [2.45, 2.75) is 82.5 Å². The fourth-order valence-electron chi connectivity index (χ4n) is 4.90. The van der Waals surface area contributed by atoms with E-state index in [0.29, 0.717) is 36.2 Å². The molecule has 0 bridgehead atoms. The fraction of sp³-hybridized carbons (Fsp3) is 0.947. The molecule has 2 N–H and O–H groups in total. The summed E-state index contributed by atoms with van der Waals surface area (Å²) in [4.78, 5) is 7.47. The Morgan fingerprint density at radius 3 is 2.41 bits per heavy atom. The van der Waals surface area contributed by atoms with Crippen molar-refractivity contribution in [3.05, 3.63) is 0 Å². The maximum Gasteiger partial charge on any atom is 0.191 e. The van der Waals surface area contributed by atoms with Crippen LogP contribution in [-0.4, -0.2) is 68.0 Å². The standard InChI is InChI=1S/C19H34N4O2S.HI/c1-14-10-17(12-23(14)18-6-7-18)22-19(21-16-4-2-3-5-16)20-11-15-8-9-26(24,25)13-15;/h14-18H,2-13H2,1H3,(H2,20,21,22);1H. The summed E-state index contributed by atoms with van der Waals surface area (Å²) in [5.74, 6) is 1.75. The highest BCUT2D eigenvalue weighted by Gasteiger charge is 2.39. The molecule has 156 valence electrons. The molecule has 0 spiro atoms. The Bertz CT molecular complexity index is 632. The van der Waals surface area contributed by atoms with Crippen molar-refractivity contribution < 1.29 is 8.42 Å². The van der Waals surface area contributed by atoms with E-state index in [1.807, 2.05) is 0 Å². The first-order chi connectivity index (χ1) is 12.5. The highest BCUT2D eigenvalue weighted by atomic mass is 127. The van der Waals surface area contributed by atoms with E-state index in [2.05, 4.69) is 22.5 Å². The van der Waals surface area contributed by atoms with Crippen LogP contribution in [0.2, 0.25) is 0 Å². The molecule has 4 fully saturated rings. The van der Waals surface area contributed by atoms with Crippen molar-refractivity contribution >= 4 is 39.8 Å². The molecule has 3 unspecified atom stereocenters. The van der Waals surface area contributed by atoms with Gasteiger partial charge in [-0.25, -0.2) is 8.42 Å². The molecule has 0 aromatic rings. The number of halogens is 1. The summed E-state index contributed by atoms with van der Waals surface area (Å²) in [7, 11) is -2.82. The molecule has 2 saturated carbocycles. The van der Waals surface area contributed by atoms with Gasteiger partial charge < -0.3 is 10.6 Å². The van der Waals surface area contributed by atoms with Gasteiger partial charge in [-0.2, -0.15) is 0 Å². The van der Waals surface area contributed by atoms with E-state index < -0.39 is 9.84 Å². The maximum absolute atomic E-state index is 11.7. The number of hydrogen-bond donors (Lipinski definition) is 2. The van der Waals surface area contributed by atoms with Gasteiger partial charge in [0.2, 0.25) is 0 Å². The van der Waals surface area contributed by atoms with Gasteiger partial charge in [0.25, 0.3) is 0 Å². The first-order valence-corrected chi connectivity index (χ1v) is 12.3. The minimum Gasteiger partial charge on any atom is -0.354 e. The molecular weight excluding hydrogens is 475 g/mol. The van der Waals surface area contributed by atoms with Crippen LogP contribution < -0.4 is 10.6 Å². The number of sulfone groups is 1. The van der Waals surface area contributed by atoms with Gasteiger partial charge in [-0.3, -0.25) is 9.89 Å². The molecule has 0 aromatic heterocycles. The number of guanidine groups is 1. The zero-order valence-electron chi connectivity index (χ0n) is 16.4. The Hall–Kier alpha value is -0.0900. The summed E-state index contributed by atoms with van der Waals surface area (Å²) in [5.41, 5.74) is 0. The van der Waals surface area contributed by atoms with E-state index in [1.165, 1.54) is 44.9 Å². The van der Waals surface area contributed by atoms with Crippen molar-refractivity contribution in [3.63, 3.8) is 0 Å². The Balaban J connectivity index is 0.00000210. The number of rotatable bonds is 5. The normalized spacial score (nSPS) is 34.6. The number of nitrogens with zero attached hydrogens (tertiary/aromatic N) is 2. The second-order valence-corrected chi connectivity index (χ2v) is 11.2. The minimum absolute atomic E-state index is 0. The first kappa shape index (κ1) is 21.6. The molecule has 3 atom stereocenters. The Morgan fingerprint density at radius 2 is 1.78 bits per heavy atom. The third kappa shape index (κ3) is 5.95. The van der Waals surface area contributed by atoms with Crippen LogP contribution >= 0.6 is 24.0 Å². The van der Waals surface area contributed by atoms with Crippen molar-refractivity contribution in [1.82, 2.24) is 15.5 Å². The molecule has 2 aliphatic heterocycles. The van der Waals surface area contributed by atoms with Crippen LogP contribution in [0.5, 0.6) is 0 Å². The number of likely N-dealkylation sites (tertiary alicyclic amines) is 1. The second-order valence-electron chi connectivity index (χ2n) is 8.94. The fourth-order valence-corrected chi connectivity index (χ4v) is 6.75. The predicted octanol–water partition coefficient (Wildman–Crippen LogP) is 2.14. The first-order valence-electron chi connectivity index (χ1n) is 10.5. The van der Waals surface area contributed by atoms with Gasteiger partial charge in [0.15, 0.2) is 15.8 Å². The summed E-state index contributed by atoms with van der Waals surface area (Å²) < 4.78 is 23.4. The van der Waals surface area contributed by atoms with E-state index in [4.69, 9.17) is 4.99 Å². The van der Waals surface area contributed by atoms with Crippen LogP contribution in [0, 0.1) is 5.92 Å². The molecule has 8 heteroatoms. The minimum atomic E-state index is -2.82. The zero-order chi connectivity index (χ0) is 18.1. The summed E-state index contributed by atoms with van der Waals surface area (Å²) in [6, 6.07) is 2.42. The van der Waals surface area contributed by atoms with Gasteiger partial charge in [-0.15, -0.1) is 24.0 Å². The van der Waals surface area contributed by atoms with Crippen molar-refractivity contribution in [1.29, 1.82) is 0 Å². The highest BCUT2D eigenvalue weighted by Crippen LogP contribution is 2.33. The lowest BCUT2D eigenvalue weighted by Crippen LogP contribution is -2.48. The zero-order valence-corrected chi connectivity index (χ0v) is 19.5. The summed E-state index contributed by atoms with van der Waals surface area (Å²) in [5, 5.41) is 7.31. The van der Waals surface area contributed by atoms with Crippen LogP contribution in [0.15, 0.2) is 4.99 Å². The highest BCUT2D eigenvalue weighted by molar-refractivity contribution is 14.0. The summed E-state index contributed by atoms with van der Waals surface area (Å²) in [6.45, 7) is 4.06. The monoisotopic (exact) mass is 510 g/mol. The van der Waals surface area contributed by atoms with E-state index in [9.17, 15) is 8.42 Å². The van der Waals surface area contributed by atoms with Gasteiger partial charge in [0.05, 0.1) is 11.5 Å². The van der Waals surface area contributed by atoms with Crippen LogP contribution in [-0.2, 0) is 9.84 Å². The number of nitrogens with one attached hydrogen (secondary N) is 2. The summed E-state index contributed by atoms with van der Waals surface area (Å²) >= 11 is 0. The van der Waals surface area contributed by atoms with Crippen molar-refractivity contribution in [3.8, 4) is 0 Å². The molecule has 2 aliphatic carbocycles. The molecule has 2 heterocycles. The van der Waals surface area contributed by atoms with Crippen molar-refractivity contribution in [2.24, 2.45) is 10.9 Å². The summed E-state index contributed by atoms with van der Waals surface area (Å²) in [6.07, 6.45) is 9.66. The SMILES string of the molecule is CC1CC(NC(=NCC2CCS(=O)(=O)C2)NC2CCCC2)CN1C1CC1.I. The van der Waals surface area contributed by atoms with Gasteiger partial charge in [0, 0.05) is 37.3 Å². The smallest absolute Gasteiger partial charge is 0.191 e. The van der Waals surface area contributed by atoms with E-state index >= 15 is 0 Å². The van der Waals surface area contributed by atoms with Crippen molar-refractivity contribution in [2.75, 3.05) is 24.6 Å². The molecule has 0 amide bonds. The Morgan fingerprint density at radius 1 is 1.07 bits per heavy atom. The number of hydrogen-bond acceptors (Lipinski definition) is 4. The van der Waals surface area contributed by atoms with Crippen LogP contribution in [0.4, 0.5) is 0 Å². The van der Waals surface area contributed by atoms with E-state index in [0.717, 1.165) is 25.0 Å². The molecule has 2 saturated heterocycles. The Kier molecular flexibility index (Phi) is 7.33. The van der Waals surface area contributed by atoms with Gasteiger partial charge in [0.1, 0.15) is 0 Å². The second kappa shape index (κ2) is 9.15. The van der Waals surface area contributed by atoms with E-state index in [1.54, 1.807) is 0 Å². The molecule has 0 aromatic carbocycles. The largest absolute Gasteiger partial charge is 0.354 e. The maximum atomic E-state index is 11.7. The molecular formula is C19H35IN4O2S. The molecule has 4 rings (SSSR count). The molecule has 27 heavy (non-hydrogen) atoms. The topological polar surface area (TPSA) is 73.8 Å². The average Bonchev–Trinajstić information content (AvgIpc) is 2.99. The van der Waals surface area contributed by atoms with Crippen LogP contribution in [0.25, 0.3) is 0 Å². The lowest BCUT2D eigenvalue weighted by atomic mass is 10.1. The molecule has 0 radical (unpaired) electrons. The number of aliphatic imine (C=N–C) groups is 1.